The Kier molecular flexibility index (Phi) is 10.4. The van der Waals surface area contributed by atoms with Crippen LogP contribution in [0.5, 0.6) is 0 Å². The molecule has 1 heterocycles. The number of anilines is 5. The van der Waals surface area contributed by atoms with Gasteiger partial charge in [0.15, 0.2) is 0 Å². The minimum absolute atomic E-state index is 0.0288. The molecule has 8 N–H and O–H groups in total. The van der Waals surface area contributed by atoms with E-state index in [0.717, 1.165) is 12.1 Å². The van der Waals surface area contributed by atoms with Gasteiger partial charge >= 0.3 is 5.97 Å². The molecule has 0 fully saturated rings. The van der Waals surface area contributed by atoms with E-state index in [9.17, 15) is 43.7 Å². The van der Waals surface area contributed by atoms with E-state index in [1.54, 1.807) is 0 Å². The standard InChI is InChI=1S/C26H22N6O14S4/c33-23(34)5-6-27-24-30-25(28-15-1-3-19-13(7-15)9-17(47-46-45-35)11-21(19)49(39,40)41)32-26(31-24)29-16-2-4-20-14(8-16)10-18(48(36,37)38)12-22(20)50(42,43)44/h1-4,7-12,35H,5-6H2,(H,33,34)(H,36,37,38)(H,39,40,41)(H,42,43,44)(H3,27,28,29,30,31,32). The molecule has 0 saturated carbocycles. The van der Waals surface area contributed by atoms with E-state index < -0.39 is 51.0 Å². The lowest BCUT2D eigenvalue weighted by Gasteiger charge is -2.13. The summed E-state index contributed by atoms with van der Waals surface area (Å²) in [5.41, 5.74) is 0.456. The summed E-state index contributed by atoms with van der Waals surface area (Å²) >= 11 is 0.450. The number of nitrogens with one attached hydrogen (secondary N) is 3. The van der Waals surface area contributed by atoms with Gasteiger partial charge in [-0.25, -0.2) is 5.26 Å². The molecule has 50 heavy (non-hydrogen) atoms. The van der Waals surface area contributed by atoms with Gasteiger partial charge in [-0.05, 0) is 59.3 Å². The molecule has 0 saturated heterocycles. The molecule has 0 radical (unpaired) electrons. The Morgan fingerprint density at radius 3 is 1.72 bits per heavy atom. The summed E-state index contributed by atoms with van der Waals surface area (Å²) in [7, 11) is -14.5. The van der Waals surface area contributed by atoms with Crippen LogP contribution >= 0.6 is 12.0 Å². The Morgan fingerprint density at radius 2 is 1.22 bits per heavy atom. The third-order valence-corrected chi connectivity index (χ3v) is 9.74. The first-order valence-corrected chi connectivity index (χ1v) is 18.5. The van der Waals surface area contributed by atoms with E-state index in [2.05, 4.69) is 40.3 Å². The van der Waals surface area contributed by atoms with Gasteiger partial charge in [-0.2, -0.15) is 40.2 Å². The Labute approximate surface area is 285 Å². The smallest absolute Gasteiger partial charge is 0.305 e. The average Bonchev–Trinajstić information content (AvgIpc) is 3.01. The Balaban J connectivity index is 1.54. The number of carboxylic acid groups (broad SMARTS) is 1. The number of fused-ring (bicyclic) bond motifs is 2. The number of hydrogen-bond acceptors (Lipinski definition) is 17. The number of carboxylic acids is 1. The maximum absolute atomic E-state index is 12.1. The first-order chi connectivity index (χ1) is 23.4. The van der Waals surface area contributed by atoms with Crippen LogP contribution in [0.2, 0.25) is 0 Å². The fourth-order valence-corrected chi connectivity index (χ4v) is 7.18. The van der Waals surface area contributed by atoms with Crippen LogP contribution < -0.4 is 16.0 Å². The Hall–Kier alpha value is -4.76. The number of aliphatic carboxylic acids is 1. The predicted molar refractivity (Wildman–Crippen MR) is 175 cm³/mol. The van der Waals surface area contributed by atoms with E-state index in [0.29, 0.717) is 18.1 Å². The van der Waals surface area contributed by atoms with Crippen LogP contribution in [-0.2, 0) is 44.5 Å². The molecule has 0 aliphatic heterocycles. The molecule has 5 rings (SSSR count). The molecular weight excluding hydrogens is 749 g/mol. The fourth-order valence-electron chi connectivity index (χ4n) is 4.56. The van der Waals surface area contributed by atoms with E-state index in [1.165, 1.54) is 42.5 Å². The van der Waals surface area contributed by atoms with Crippen molar-refractivity contribution in [3.63, 3.8) is 0 Å². The van der Waals surface area contributed by atoms with Crippen LogP contribution in [0.1, 0.15) is 6.42 Å². The normalized spacial score (nSPS) is 12.2. The van der Waals surface area contributed by atoms with Gasteiger partial charge in [0.1, 0.15) is 9.79 Å². The molecule has 5 aromatic rings. The minimum Gasteiger partial charge on any atom is -0.481 e. The molecule has 20 nitrogen and oxygen atoms in total. The predicted octanol–water partition coefficient (Wildman–Crippen LogP) is 3.72. The first kappa shape index (κ1) is 36.5. The molecular formula is C26H22N6O14S4. The number of carbonyl (C=O) groups is 1. The lowest BCUT2D eigenvalue weighted by atomic mass is 10.1. The molecule has 0 aliphatic rings. The molecule has 4 aromatic carbocycles. The Morgan fingerprint density at radius 1 is 0.700 bits per heavy atom. The largest absolute Gasteiger partial charge is 0.481 e. The molecule has 264 valence electrons. The van der Waals surface area contributed by atoms with Gasteiger partial charge in [-0.3, -0.25) is 18.5 Å². The van der Waals surface area contributed by atoms with Gasteiger partial charge in [0.05, 0.1) is 23.4 Å². The van der Waals surface area contributed by atoms with Gasteiger partial charge in [0.2, 0.25) is 17.8 Å². The van der Waals surface area contributed by atoms with Crippen LogP contribution in [0.15, 0.2) is 80.2 Å². The maximum atomic E-state index is 12.1. The summed E-state index contributed by atoms with van der Waals surface area (Å²) in [6.45, 7) is -0.0977. The zero-order valence-corrected chi connectivity index (χ0v) is 27.8. The summed E-state index contributed by atoms with van der Waals surface area (Å²) in [6, 6.07) is 12.3. The van der Waals surface area contributed by atoms with Crippen molar-refractivity contribution in [2.75, 3.05) is 22.5 Å². The van der Waals surface area contributed by atoms with E-state index in [1.807, 2.05) is 0 Å². The van der Waals surface area contributed by atoms with E-state index in [4.69, 9.17) is 10.4 Å². The molecule has 0 amide bonds. The summed E-state index contributed by atoms with van der Waals surface area (Å²) in [5, 5.41) is 29.8. The first-order valence-electron chi connectivity index (χ1n) is 13.4. The van der Waals surface area contributed by atoms with Crippen molar-refractivity contribution in [1.82, 2.24) is 15.0 Å². The van der Waals surface area contributed by atoms with Crippen molar-refractivity contribution in [2.45, 2.75) is 26.0 Å². The molecule has 0 atom stereocenters. The van der Waals surface area contributed by atoms with Gasteiger partial charge < -0.3 is 21.1 Å². The van der Waals surface area contributed by atoms with Crippen LogP contribution in [0.4, 0.5) is 29.2 Å². The van der Waals surface area contributed by atoms with Crippen LogP contribution in [0.3, 0.4) is 0 Å². The second kappa shape index (κ2) is 14.2. The highest BCUT2D eigenvalue weighted by atomic mass is 32.2. The molecule has 24 heteroatoms. The molecule has 0 spiro atoms. The number of nitrogens with zero attached hydrogens (tertiary/aromatic N) is 3. The summed E-state index contributed by atoms with van der Waals surface area (Å²) in [5.74, 6) is -1.50. The highest BCUT2D eigenvalue weighted by Crippen LogP contribution is 2.33. The fraction of sp³-hybridized carbons (Fsp3) is 0.0769. The lowest BCUT2D eigenvalue weighted by molar-refractivity contribution is -0.432. The number of aromatic nitrogens is 3. The van der Waals surface area contributed by atoms with Gasteiger partial charge in [0.25, 0.3) is 30.4 Å². The number of hydrogen-bond donors (Lipinski definition) is 8. The van der Waals surface area contributed by atoms with Gasteiger partial charge in [0, 0.05) is 33.6 Å². The summed E-state index contributed by atoms with van der Waals surface area (Å²) in [6.07, 6.45) is -0.305. The number of benzene rings is 4. The minimum atomic E-state index is -4.92. The van der Waals surface area contributed by atoms with Crippen LogP contribution in [0, 0.1) is 0 Å². The molecule has 0 bridgehead atoms. The average molecular weight is 771 g/mol. The topological polar surface area (TPSA) is 314 Å². The lowest BCUT2D eigenvalue weighted by Crippen LogP contribution is -2.12. The van der Waals surface area contributed by atoms with E-state index in [-0.39, 0.29) is 68.6 Å². The molecule has 0 unspecified atom stereocenters. The van der Waals surface area contributed by atoms with Crippen molar-refractivity contribution < 1.29 is 63.4 Å². The highest BCUT2D eigenvalue weighted by Gasteiger charge is 2.21. The third kappa shape index (κ3) is 8.87. The second-order valence-electron chi connectivity index (χ2n) is 9.99. The maximum Gasteiger partial charge on any atom is 0.305 e. The highest BCUT2D eigenvalue weighted by molar-refractivity contribution is 7.94. The van der Waals surface area contributed by atoms with Crippen LogP contribution in [0.25, 0.3) is 21.5 Å². The SMILES string of the molecule is O=C(O)CCNc1nc(Nc2ccc3c(S(=O)(=O)O)cc(SOOO)cc3c2)nc(Nc2ccc3c(S(=O)(=O)O)cc(S(=O)(=O)O)cc3c2)n1. The van der Waals surface area contributed by atoms with E-state index >= 15 is 0 Å². The van der Waals surface area contributed by atoms with Crippen molar-refractivity contribution >= 4 is 99.1 Å². The van der Waals surface area contributed by atoms with Crippen molar-refractivity contribution in [1.29, 1.82) is 0 Å². The summed E-state index contributed by atoms with van der Waals surface area (Å²) < 4.78 is 105. The van der Waals surface area contributed by atoms with Crippen molar-refractivity contribution in [3.8, 4) is 0 Å². The molecule has 0 aliphatic carbocycles. The van der Waals surface area contributed by atoms with Gasteiger partial charge in [-0.15, -0.1) is 4.33 Å². The monoisotopic (exact) mass is 770 g/mol. The Bertz CT molecular complexity index is 2480. The van der Waals surface area contributed by atoms with Gasteiger partial charge in [-0.1, -0.05) is 17.2 Å². The van der Waals surface area contributed by atoms with Crippen molar-refractivity contribution in [2.24, 2.45) is 0 Å². The zero-order valence-electron chi connectivity index (χ0n) is 24.6. The second-order valence-corrected chi connectivity index (χ2v) is 15.0. The zero-order chi connectivity index (χ0) is 36.4. The third-order valence-electron chi connectivity index (χ3n) is 6.56. The quantitative estimate of drug-likeness (QED) is 0.0345. The van der Waals surface area contributed by atoms with Crippen LogP contribution in [-0.4, -0.2) is 76.7 Å². The van der Waals surface area contributed by atoms with Crippen molar-refractivity contribution in [3.05, 3.63) is 60.7 Å². The summed E-state index contributed by atoms with van der Waals surface area (Å²) in [4.78, 5) is 21.8. The number of rotatable bonds is 14. The molecule has 1 aromatic heterocycles.